The second kappa shape index (κ2) is 10.9. The third kappa shape index (κ3) is 6.01. The minimum atomic E-state index is -0.299. The highest BCUT2D eigenvalue weighted by Crippen LogP contribution is 2.25. The lowest BCUT2D eigenvalue weighted by Crippen LogP contribution is -2.24. The summed E-state index contributed by atoms with van der Waals surface area (Å²) in [6.07, 6.45) is 4.69. The summed E-state index contributed by atoms with van der Waals surface area (Å²) in [6, 6.07) is 16.4. The smallest absolute Gasteiger partial charge is 0.244 e. The molecule has 3 aromatic rings. The summed E-state index contributed by atoms with van der Waals surface area (Å²) in [5.41, 5.74) is 2.11. The second-order valence-corrected chi connectivity index (χ2v) is 7.04. The van der Waals surface area contributed by atoms with Crippen molar-refractivity contribution < 1.29 is 19.0 Å². The molecule has 0 aliphatic rings. The number of pyridine rings is 1. The summed E-state index contributed by atoms with van der Waals surface area (Å²) in [5, 5.41) is 2.78. The van der Waals surface area contributed by atoms with Crippen LogP contribution in [0.15, 0.2) is 71.7 Å². The van der Waals surface area contributed by atoms with Gasteiger partial charge in [-0.3, -0.25) is 9.59 Å². The minimum Gasteiger partial charge on any atom is -0.497 e. The predicted molar refractivity (Wildman–Crippen MR) is 123 cm³/mol. The van der Waals surface area contributed by atoms with Gasteiger partial charge in [-0.1, -0.05) is 30.3 Å². The monoisotopic (exact) mass is 434 g/mol. The van der Waals surface area contributed by atoms with Gasteiger partial charge in [0.2, 0.25) is 11.3 Å². The van der Waals surface area contributed by atoms with Crippen LogP contribution < -0.4 is 25.0 Å². The first-order valence-electron chi connectivity index (χ1n) is 10.0. The van der Waals surface area contributed by atoms with E-state index in [1.54, 1.807) is 56.3 Å². The zero-order chi connectivity index (χ0) is 22.9. The maximum absolute atomic E-state index is 12.4. The molecule has 1 heterocycles. The highest BCUT2D eigenvalue weighted by molar-refractivity contribution is 5.92. The van der Waals surface area contributed by atoms with Crippen molar-refractivity contribution in [2.45, 2.75) is 13.2 Å². The van der Waals surface area contributed by atoms with Crippen LogP contribution in [0.3, 0.4) is 0 Å². The van der Waals surface area contributed by atoms with Crippen molar-refractivity contribution in [2.75, 3.05) is 14.2 Å². The van der Waals surface area contributed by atoms with E-state index < -0.39 is 0 Å². The molecule has 0 aliphatic heterocycles. The normalized spacial score (nSPS) is 10.7. The van der Waals surface area contributed by atoms with E-state index in [0.29, 0.717) is 29.4 Å². The van der Waals surface area contributed by atoms with E-state index >= 15 is 0 Å². The lowest BCUT2D eigenvalue weighted by atomic mass is 10.1. The average molecular weight is 434 g/mol. The number of aryl methyl sites for hydroxylation is 1. The van der Waals surface area contributed by atoms with Crippen molar-refractivity contribution in [1.82, 2.24) is 9.88 Å². The molecule has 1 aromatic heterocycles. The molecule has 0 fully saturated rings. The van der Waals surface area contributed by atoms with Crippen molar-refractivity contribution in [1.29, 1.82) is 0 Å². The van der Waals surface area contributed by atoms with Gasteiger partial charge in [-0.2, -0.15) is 0 Å². The number of nitrogens with one attached hydrogen (secondary N) is 1. The van der Waals surface area contributed by atoms with E-state index in [0.717, 1.165) is 5.56 Å². The molecular formula is C25H26N2O5. The van der Waals surface area contributed by atoms with E-state index in [1.807, 2.05) is 30.3 Å². The van der Waals surface area contributed by atoms with Gasteiger partial charge < -0.3 is 24.1 Å². The quantitative estimate of drug-likeness (QED) is 0.523. The van der Waals surface area contributed by atoms with Crippen LogP contribution >= 0.6 is 0 Å². The van der Waals surface area contributed by atoms with E-state index in [4.69, 9.17) is 14.2 Å². The fraction of sp³-hybridized carbons (Fsp3) is 0.200. The number of amides is 1. The number of nitrogens with zero attached hydrogens (tertiary/aromatic N) is 1. The maximum Gasteiger partial charge on any atom is 0.244 e. The molecule has 1 amide bonds. The third-order valence-electron chi connectivity index (χ3n) is 4.84. The number of methoxy groups -OCH3 is 2. The van der Waals surface area contributed by atoms with Crippen molar-refractivity contribution in [3.05, 3.63) is 93.9 Å². The van der Waals surface area contributed by atoms with Gasteiger partial charge in [0.15, 0.2) is 5.75 Å². The topological polar surface area (TPSA) is 78.8 Å². The van der Waals surface area contributed by atoms with E-state index in [-0.39, 0.29) is 23.6 Å². The lowest BCUT2D eigenvalue weighted by molar-refractivity contribution is -0.116. The summed E-state index contributed by atoms with van der Waals surface area (Å²) in [4.78, 5) is 24.7. The summed E-state index contributed by atoms with van der Waals surface area (Å²) in [6.45, 7) is 0.508. The van der Waals surface area contributed by atoms with E-state index in [1.165, 1.54) is 12.1 Å². The zero-order valence-electron chi connectivity index (χ0n) is 18.3. The fourth-order valence-corrected chi connectivity index (χ4v) is 3.04. The Balaban J connectivity index is 1.61. The molecule has 32 heavy (non-hydrogen) atoms. The number of ether oxygens (including phenoxy) is 3. The van der Waals surface area contributed by atoms with Gasteiger partial charge in [-0.25, -0.2) is 0 Å². The molecule has 7 heteroatoms. The molecule has 0 spiro atoms. The largest absolute Gasteiger partial charge is 0.497 e. The van der Waals surface area contributed by atoms with Crippen LogP contribution in [0.5, 0.6) is 17.2 Å². The van der Waals surface area contributed by atoms with Crippen molar-refractivity contribution >= 4 is 12.0 Å². The van der Waals surface area contributed by atoms with Crippen LogP contribution in [0.4, 0.5) is 0 Å². The minimum absolute atomic E-state index is 0.198. The molecule has 0 bridgehead atoms. The van der Waals surface area contributed by atoms with Gasteiger partial charge >= 0.3 is 0 Å². The van der Waals surface area contributed by atoms with Crippen LogP contribution in [0, 0.1) is 0 Å². The molecule has 166 valence electrons. The number of benzene rings is 2. The van der Waals surface area contributed by atoms with Gasteiger partial charge in [0, 0.05) is 30.4 Å². The first-order valence-corrected chi connectivity index (χ1v) is 10.0. The summed E-state index contributed by atoms with van der Waals surface area (Å²) in [7, 11) is 4.94. The second-order valence-electron chi connectivity index (χ2n) is 7.04. The molecule has 0 saturated heterocycles. The molecule has 0 unspecified atom stereocenters. The number of hydrogen-bond donors (Lipinski definition) is 1. The molecule has 0 radical (unpaired) electrons. The number of aromatic nitrogens is 1. The Bertz CT molecular complexity index is 1150. The van der Waals surface area contributed by atoms with Gasteiger partial charge in [-0.15, -0.1) is 0 Å². The van der Waals surface area contributed by atoms with E-state index in [9.17, 15) is 9.59 Å². The number of carbonyl (C=O) groups is 1. The van der Waals surface area contributed by atoms with Crippen molar-refractivity contribution in [2.24, 2.45) is 7.05 Å². The Morgan fingerprint density at radius 1 is 1.03 bits per heavy atom. The van der Waals surface area contributed by atoms with E-state index in [2.05, 4.69) is 5.32 Å². The Kier molecular flexibility index (Phi) is 7.70. The third-order valence-corrected chi connectivity index (χ3v) is 4.84. The van der Waals surface area contributed by atoms with Crippen molar-refractivity contribution in [3.8, 4) is 17.2 Å². The van der Waals surface area contributed by atoms with Crippen molar-refractivity contribution in [3.63, 3.8) is 0 Å². The molecule has 0 atom stereocenters. The van der Waals surface area contributed by atoms with Crippen LogP contribution in [0.1, 0.15) is 16.8 Å². The summed E-state index contributed by atoms with van der Waals surface area (Å²) >= 11 is 0. The zero-order valence-corrected chi connectivity index (χ0v) is 18.3. The molecule has 3 rings (SSSR count). The Labute approximate surface area is 186 Å². The molecule has 7 nitrogen and oxygen atoms in total. The van der Waals surface area contributed by atoms with Gasteiger partial charge in [-0.05, 0) is 29.8 Å². The number of hydrogen-bond acceptors (Lipinski definition) is 5. The fourth-order valence-electron chi connectivity index (χ4n) is 3.04. The summed E-state index contributed by atoms with van der Waals surface area (Å²) in [5.74, 6) is 1.25. The molecule has 1 N–H and O–H groups in total. The van der Waals surface area contributed by atoms with Crippen LogP contribution in [0.25, 0.3) is 6.08 Å². The van der Waals surface area contributed by atoms with Crippen LogP contribution in [-0.4, -0.2) is 24.7 Å². The van der Waals surface area contributed by atoms with Gasteiger partial charge in [0.25, 0.3) is 0 Å². The van der Waals surface area contributed by atoms with Crippen LogP contribution in [-0.2, 0) is 25.0 Å². The Hall–Kier alpha value is -4.00. The Morgan fingerprint density at radius 3 is 2.53 bits per heavy atom. The molecule has 0 aliphatic carbocycles. The first-order chi connectivity index (χ1) is 15.5. The summed E-state index contributed by atoms with van der Waals surface area (Å²) < 4.78 is 17.9. The van der Waals surface area contributed by atoms with Gasteiger partial charge in [0.05, 0.1) is 27.0 Å². The maximum atomic E-state index is 12.4. The molecule has 0 saturated carbocycles. The van der Waals surface area contributed by atoms with Gasteiger partial charge in [0.1, 0.15) is 18.1 Å². The highest BCUT2D eigenvalue weighted by atomic mass is 16.5. The molecular weight excluding hydrogens is 408 g/mol. The lowest BCUT2D eigenvalue weighted by Gasteiger charge is -2.12. The van der Waals surface area contributed by atoms with Crippen LogP contribution in [0.2, 0.25) is 0 Å². The predicted octanol–water partition coefficient (Wildman–Crippen LogP) is 3.31. The standard InChI is InChI=1S/C25H26N2O5/c1-27-16-24(32-17-18-7-5-4-6-8-18)22(28)14-20(27)15-26-25(29)12-9-19-13-21(30-2)10-11-23(19)31-3/h4-14,16H,15,17H2,1-3H3,(H,26,29)/b12-9+. The first kappa shape index (κ1) is 22.7. The number of carbonyl (C=O) groups excluding carboxylic acids is 1. The Morgan fingerprint density at radius 2 is 1.81 bits per heavy atom. The highest BCUT2D eigenvalue weighted by Gasteiger charge is 2.08. The SMILES string of the molecule is COc1ccc(OC)c(/C=C/C(=O)NCc2cc(=O)c(OCc3ccccc3)cn2C)c1. The number of rotatable bonds is 9. The average Bonchev–Trinajstić information content (AvgIpc) is 2.82. The molecule has 2 aromatic carbocycles.